The van der Waals surface area contributed by atoms with Crippen LogP contribution in [0.2, 0.25) is 12.6 Å². The minimum atomic E-state index is -2.19. The molecule has 0 bridgehead atoms. The lowest BCUT2D eigenvalue weighted by molar-refractivity contribution is 0.0661. The number of aliphatic hydroxyl groups excluding tert-OH is 2. The predicted molar refractivity (Wildman–Crippen MR) is 89.2 cm³/mol. The second kappa shape index (κ2) is 8.01. The van der Waals surface area contributed by atoms with Gasteiger partial charge in [-0.3, -0.25) is 0 Å². The van der Waals surface area contributed by atoms with E-state index < -0.39 is 20.1 Å². The van der Waals surface area contributed by atoms with Crippen LogP contribution in [0.25, 0.3) is 0 Å². The summed E-state index contributed by atoms with van der Waals surface area (Å²) in [6.07, 6.45) is 0.234. The summed E-state index contributed by atoms with van der Waals surface area (Å²) in [4.78, 5) is 2.01. The van der Waals surface area contributed by atoms with E-state index in [1.165, 1.54) is 0 Å². The van der Waals surface area contributed by atoms with Crippen LogP contribution in [-0.2, 0) is 4.43 Å². The van der Waals surface area contributed by atoms with Crippen LogP contribution < -0.4 is 11.5 Å². The molecule has 0 aromatic heterocycles. The highest BCUT2D eigenvalue weighted by Crippen LogP contribution is 2.28. The molecule has 7 heteroatoms. The van der Waals surface area contributed by atoms with Gasteiger partial charge < -0.3 is 31.0 Å². The third kappa shape index (κ3) is 8.25. The number of nitrogens with two attached hydrogens (primary N) is 2. The first-order valence-electron chi connectivity index (χ1n) is 7.56. The molecular weight excluding hydrogens is 286 g/mol. The van der Waals surface area contributed by atoms with Crippen LogP contribution in [0, 0.1) is 0 Å². The average molecular weight is 322 g/mol. The van der Waals surface area contributed by atoms with E-state index in [1.54, 1.807) is 0 Å². The van der Waals surface area contributed by atoms with Crippen molar-refractivity contribution in [2.24, 2.45) is 11.5 Å². The van der Waals surface area contributed by atoms with Crippen LogP contribution in [0.1, 0.15) is 34.1 Å². The Bertz CT molecular complexity index is 305. The molecule has 0 aromatic rings. The Kier molecular flexibility index (Phi) is 8.00. The third-order valence-electron chi connectivity index (χ3n) is 3.78. The summed E-state index contributed by atoms with van der Waals surface area (Å²) in [5, 5.41) is 17.9. The summed E-state index contributed by atoms with van der Waals surface area (Å²) in [5.74, 6) is 0. The van der Waals surface area contributed by atoms with Crippen LogP contribution in [0.3, 0.4) is 0 Å². The molecule has 6 nitrogen and oxygen atoms in total. The second-order valence-electron chi connectivity index (χ2n) is 7.36. The monoisotopic (exact) mass is 321 g/mol. The molecule has 2 atom stereocenters. The van der Waals surface area contributed by atoms with Crippen LogP contribution in [0.5, 0.6) is 0 Å². The Balaban J connectivity index is 4.52. The number of likely N-dealkylation sites (N-methyl/N-ethyl adjacent to an activating group) is 1. The zero-order chi connectivity index (χ0) is 16.9. The molecule has 0 aliphatic heterocycles. The number of hydrogen-bond donors (Lipinski definition) is 4. The summed E-state index contributed by atoms with van der Waals surface area (Å²) in [6, 6.07) is 0.899. The van der Waals surface area contributed by atoms with Crippen molar-refractivity contribution in [3.8, 4) is 0 Å². The maximum Gasteiger partial charge on any atom is 0.211 e. The maximum absolute atomic E-state index is 9.43. The van der Waals surface area contributed by atoms with Crippen LogP contribution >= 0.6 is 0 Å². The predicted octanol–water partition coefficient (Wildman–Crippen LogP) is 0.225. The lowest BCUT2D eigenvalue weighted by Crippen LogP contribution is -2.64. The molecule has 0 heterocycles. The fourth-order valence-corrected chi connectivity index (χ4v) is 5.28. The summed E-state index contributed by atoms with van der Waals surface area (Å²) < 4.78 is 6.16. The van der Waals surface area contributed by atoms with E-state index in [4.69, 9.17) is 21.0 Å². The van der Waals surface area contributed by atoms with Crippen molar-refractivity contribution in [1.82, 2.24) is 4.90 Å². The molecule has 0 aliphatic carbocycles. The van der Waals surface area contributed by atoms with Gasteiger partial charge in [0.05, 0.1) is 18.4 Å². The van der Waals surface area contributed by atoms with E-state index in [1.807, 2.05) is 39.6 Å². The average Bonchev–Trinajstić information content (AvgIpc) is 2.24. The Morgan fingerprint density at radius 3 is 2.14 bits per heavy atom. The molecule has 0 saturated heterocycles. The van der Waals surface area contributed by atoms with E-state index >= 15 is 0 Å². The van der Waals surface area contributed by atoms with Crippen molar-refractivity contribution in [2.75, 3.05) is 26.7 Å². The Morgan fingerprint density at radius 2 is 1.76 bits per heavy atom. The van der Waals surface area contributed by atoms with Crippen molar-refractivity contribution in [1.29, 1.82) is 0 Å². The largest absolute Gasteiger partial charge is 0.398 e. The normalized spacial score (nSPS) is 17.9. The first kappa shape index (κ1) is 21.0. The van der Waals surface area contributed by atoms with Gasteiger partial charge in [-0.05, 0) is 60.3 Å². The van der Waals surface area contributed by atoms with Crippen molar-refractivity contribution in [2.45, 2.75) is 63.7 Å². The minimum absolute atomic E-state index is 0.211. The van der Waals surface area contributed by atoms with Crippen molar-refractivity contribution in [3.05, 3.63) is 0 Å². The van der Waals surface area contributed by atoms with Gasteiger partial charge in [-0.15, -0.1) is 0 Å². The molecule has 0 saturated carbocycles. The van der Waals surface area contributed by atoms with Gasteiger partial charge in [0.2, 0.25) is 8.32 Å². The molecule has 0 aliphatic rings. The molecule has 0 rings (SSSR count). The summed E-state index contributed by atoms with van der Waals surface area (Å²) in [6.45, 7) is 10.9. The topological polar surface area (TPSA) is 105 Å². The van der Waals surface area contributed by atoms with Crippen LogP contribution in [0.4, 0.5) is 0 Å². The fourth-order valence-electron chi connectivity index (χ4n) is 2.28. The smallest absolute Gasteiger partial charge is 0.211 e. The van der Waals surface area contributed by atoms with Gasteiger partial charge in [0.1, 0.15) is 0 Å². The SMILES string of the molecule is CN(CCC[Si](C)(OC(C)(C)N)C(C)(C)N)CC(O)CO. The van der Waals surface area contributed by atoms with Gasteiger partial charge in [-0.25, -0.2) is 0 Å². The zero-order valence-corrected chi connectivity index (χ0v) is 15.5. The maximum atomic E-state index is 9.43. The Hall–Kier alpha value is -0.0231. The van der Waals surface area contributed by atoms with Gasteiger partial charge >= 0.3 is 0 Å². The summed E-state index contributed by atoms with van der Waals surface area (Å²) >= 11 is 0. The van der Waals surface area contributed by atoms with Crippen molar-refractivity contribution < 1.29 is 14.6 Å². The first-order chi connectivity index (χ1) is 9.31. The number of rotatable bonds is 10. The third-order valence-corrected chi connectivity index (χ3v) is 8.79. The molecule has 0 fully saturated rings. The van der Waals surface area contributed by atoms with Gasteiger partial charge in [-0.1, -0.05) is 0 Å². The molecule has 0 radical (unpaired) electrons. The first-order valence-corrected chi connectivity index (χ1v) is 10.2. The molecule has 0 spiro atoms. The van der Waals surface area contributed by atoms with E-state index in [9.17, 15) is 5.11 Å². The van der Waals surface area contributed by atoms with Gasteiger partial charge in [0.15, 0.2) is 0 Å². The highest BCUT2D eigenvalue weighted by molar-refractivity contribution is 6.75. The second-order valence-corrected chi connectivity index (χ2v) is 11.8. The highest BCUT2D eigenvalue weighted by Gasteiger charge is 2.45. The van der Waals surface area contributed by atoms with E-state index in [-0.39, 0.29) is 11.8 Å². The number of hydrogen-bond acceptors (Lipinski definition) is 6. The molecule has 0 aromatic carbocycles. The highest BCUT2D eigenvalue weighted by atomic mass is 28.4. The molecule has 6 N–H and O–H groups in total. The molecule has 0 amide bonds. The standard InChI is InChI=1S/C14H35N3O3Si/c1-13(2,15)20-21(6,14(3,4)16)9-7-8-17(5)10-12(19)11-18/h12,18-19H,7-11,15-16H2,1-6H3. The summed E-state index contributed by atoms with van der Waals surface area (Å²) in [5.41, 5.74) is 11.7. The van der Waals surface area contributed by atoms with E-state index in [0.29, 0.717) is 6.54 Å². The molecular formula is C14H35N3O3Si. The van der Waals surface area contributed by atoms with Crippen molar-refractivity contribution >= 4 is 8.32 Å². The van der Waals surface area contributed by atoms with Gasteiger partial charge in [0.25, 0.3) is 0 Å². The Labute approximate surface area is 130 Å². The lowest BCUT2D eigenvalue weighted by atomic mass is 10.3. The lowest BCUT2D eigenvalue weighted by Gasteiger charge is -2.43. The van der Waals surface area contributed by atoms with Gasteiger partial charge in [0, 0.05) is 11.7 Å². The van der Waals surface area contributed by atoms with Crippen LogP contribution in [0.15, 0.2) is 0 Å². The van der Waals surface area contributed by atoms with Crippen LogP contribution in [-0.4, -0.2) is 67.2 Å². The number of aliphatic hydroxyl groups is 2. The van der Waals surface area contributed by atoms with Crippen molar-refractivity contribution in [3.63, 3.8) is 0 Å². The quantitative estimate of drug-likeness (QED) is 0.339. The molecule has 21 heavy (non-hydrogen) atoms. The fraction of sp³-hybridized carbons (Fsp3) is 1.00. The Morgan fingerprint density at radius 1 is 1.24 bits per heavy atom. The zero-order valence-electron chi connectivity index (χ0n) is 14.5. The number of nitrogens with zero attached hydrogens (tertiary/aromatic N) is 1. The summed E-state index contributed by atoms with van der Waals surface area (Å²) in [7, 11) is -0.258. The van der Waals surface area contributed by atoms with Gasteiger partial charge in [-0.2, -0.15) is 0 Å². The minimum Gasteiger partial charge on any atom is -0.398 e. The van der Waals surface area contributed by atoms with E-state index in [2.05, 4.69) is 6.55 Å². The molecule has 2 unspecified atom stereocenters. The van der Waals surface area contributed by atoms with E-state index in [0.717, 1.165) is 19.0 Å². The molecule has 128 valence electrons.